The molecule has 0 aliphatic heterocycles. The summed E-state index contributed by atoms with van der Waals surface area (Å²) in [4.78, 5) is 22.7. The Morgan fingerprint density at radius 2 is 1.39 bits per heavy atom. The van der Waals surface area contributed by atoms with E-state index < -0.39 is 34.9 Å². The third-order valence-corrected chi connectivity index (χ3v) is 4.34. The standard InChI is InChI=1S/2C9H19NO4/c1-9(2,6-12)7(13)8(14)10-4-3-5-11;1-7(6-12)9(2,14)8(13)10-4-3-5-11/h7,11-13H,3-6H2,1-2H3,(H,10,14);7,11-12,14H,3-6H2,1-2H3,(H,10,13)/t7-;/m1./s1. The van der Waals surface area contributed by atoms with Gasteiger partial charge in [0.05, 0.1) is 6.61 Å². The van der Waals surface area contributed by atoms with E-state index in [4.69, 9.17) is 20.4 Å². The normalized spacial score (nSPS) is 15.5. The zero-order chi connectivity index (χ0) is 22.4. The van der Waals surface area contributed by atoms with Gasteiger partial charge in [0, 0.05) is 44.2 Å². The molecule has 0 aliphatic carbocycles. The highest BCUT2D eigenvalue weighted by molar-refractivity contribution is 5.84. The first-order valence-electron chi connectivity index (χ1n) is 9.32. The molecule has 0 aromatic heterocycles. The molecule has 0 spiro atoms. The molecule has 2 amide bonds. The number of aliphatic hydroxyl groups is 6. The van der Waals surface area contributed by atoms with Crippen LogP contribution < -0.4 is 10.6 Å². The molecule has 0 radical (unpaired) electrons. The molecule has 8 N–H and O–H groups in total. The number of hydrogen-bond acceptors (Lipinski definition) is 8. The van der Waals surface area contributed by atoms with Crippen LogP contribution in [0.1, 0.15) is 40.5 Å². The van der Waals surface area contributed by atoms with E-state index in [0.717, 1.165) is 0 Å². The van der Waals surface area contributed by atoms with Crippen LogP contribution in [0.15, 0.2) is 0 Å². The highest BCUT2D eigenvalue weighted by atomic mass is 16.3. The van der Waals surface area contributed by atoms with Crippen molar-refractivity contribution < 1.29 is 40.2 Å². The van der Waals surface area contributed by atoms with Crippen LogP contribution in [0, 0.1) is 11.3 Å². The Bertz CT molecular complexity index is 443. The van der Waals surface area contributed by atoms with Crippen molar-refractivity contribution in [2.24, 2.45) is 11.3 Å². The van der Waals surface area contributed by atoms with Crippen LogP contribution in [0.25, 0.3) is 0 Å². The van der Waals surface area contributed by atoms with Crippen molar-refractivity contribution >= 4 is 11.8 Å². The van der Waals surface area contributed by atoms with Gasteiger partial charge in [-0.15, -0.1) is 0 Å². The lowest BCUT2D eigenvalue weighted by Gasteiger charge is -2.27. The molecule has 0 rings (SSSR count). The summed E-state index contributed by atoms with van der Waals surface area (Å²) < 4.78 is 0. The van der Waals surface area contributed by atoms with Crippen molar-refractivity contribution in [3.8, 4) is 0 Å². The average Bonchev–Trinajstić information content (AvgIpc) is 2.67. The quantitative estimate of drug-likeness (QED) is 0.166. The summed E-state index contributed by atoms with van der Waals surface area (Å²) in [6.45, 7) is 6.29. The molecule has 0 aromatic rings. The first kappa shape index (κ1) is 28.9. The Kier molecular flexibility index (Phi) is 15.1. The maximum Gasteiger partial charge on any atom is 0.252 e. The first-order valence-corrected chi connectivity index (χ1v) is 9.32. The summed E-state index contributed by atoms with van der Waals surface area (Å²) in [5.41, 5.74) is -2.41. The lowest BCUT2D eigenvalue weighted by molar-refractivity contribution is -0.144. The maximum atomic E-state index is 11.4. The Balaban J connectivity index is 0. The summed E-state index contributed by atoms with van der Waals surface area (Å²) in [6, 6.07) is 0. The minimum Gasteiger partial charge on any atom is -0.396 e. The topological polar surface area (TPSA) is 180 Å². The molecule has 0 fully saturated rings. The fourth-order valence-electron chi connectivity index (χ4n) is 1.69. The molecule has 0 saturated heterocycles. The molecule has 168 valence electrons. The van der Waals surface area contributed by atoms with Crippen molar-refractivity contribution in [2.45, 2.75) is 52.2 Å². The largest absolute Gasteiger partial charge is 0.396 e. The lowest BCUT2D eigenvalue weighted by Crippen LogP contribution is -2.50. The van der Waals surface area contributed by atoms with Crippen molar-refractivity contribution in [3.63, 3.8) is 0 Å². The van der Waals surface area contributed by atoms with Crippen LogP contribution >= 0.6 is 0 Å². The second kappa shape index (κ2) is 14.7. The van der Waals surface area contributed by atoms with Crippen LogP contribution in [0.2, 0.25) is 0 Å². The van der Waals surface area contributed by atoms with Crippen LogP contribution in [0.4, 0.5) is 0 Å². The van der Waals surface area contributed by atoms with Gasteiger partial charge in [0.1, 0.15) is 11.7 Å². The highest BCUT2D eigenvalue weighted by Crippen LogP contribution is 2.19. The fourth-order valence-corrected chi connectivity index (χ4v) is 1.69. The van der Waals surface area contributed by atoms with Gasteiger partial charge in [0.15, 0.2) is 0 Å². The van der Waals surface area contributed by atoms with Crippen LogP contribution in [-0.4, -0.2) is 93.7 Å². The molecule has 10 nitrogen and oxygen atoms in total. The molecule has 0 aromatic carbocycles. The molecule has 0 aliphatic rings. The summed E-state index contributed by atoms with van der Waals surface area (Å²) in [7, 11) is 0. The van der Waals surface area contributed by atoms with Gasteiger partial charge >= 0.3 is 0 Å². The van der Waals surface area contributed by atoms with Gasteiger partial charge in [-0.05, 0) is 19.8 Å². The third-order valence-electron chi connectivity index (χ3n) is 4.34. The van der Waals surface area contributed by atoms with E-state index in [1.54, 1.807) is 20.8 Å². The Morgan fingerprint density at radius 1 is 0.929 bits per heavy atom. The summed E-state index contributed by atoms with van der Waals surface area (Å²) in [5, 5.41) is 58.8. The van der Waals surface area contributed by atoms with Crippen molar-refractivity contribution in [3.05, 3.63) is 0 Å². The highest BCUT2D eigenvalue weighted by Gasteiger charge is 2.35. The number of carbonyl (C=O) groups is 2. The van der Waals surface area contributed by atoms with Gasteiger partial charge in [-0.25, -0.2) is 0 Å². The maximum absolute atomic E-state index is 11.4. The fraction of sp³-hybridized carbons (Fsp3) is 0.889. The van der Waals surface area contributed by atoms with E-state index in [-0.39, 0.29) is 26.4 Å². The lowest BCUT2D eigenvalue weighted by atomic mass is 9.87. The van der Waals surface area contributed by atoms with Gasteiger partial charge in [0.2, 0.25) is 5.91 Å². The number of carbonyl (C=O) groups excluding carboxylic acids is 2. The molecular weight excluding hydrogens is 372 g/mol. The molecule has 10 heteroatoms. The number of nitrogens with one attached hydrogen (secondary N) is 2. The predicted molar refractivity (Wildman–Crippen MR) is 103 cm³/mol. The van der Waals surface area contributed by atoms with Gasteiger partial charge in [-0.1, -0.05) is 20.8 Å². The minimum atomic E-state index is -1.57. The smallest absolute Gasteiger partial charge is 0.252 e. The van der Waals surface area contributed by atoms with Gasteiger partial charge < -0.3 is 41.3 Å². The van der Waals surface area contributed by atoms with Crippen LogP contribution in [-0.2, 0) is 9.59 Å². The first-order chi connectivity index (χ1) is 12.9. The van der Waals surface area contributed by atoms with E-state index in [1.165, 1.54) is 6.92 Å². The monoisotopic (exact) mass is 410 g/mol. The molecule has 0 bridgehead atoms. The SMILES string of the molecule is CC(C)(CO)[C@H](O)C(=O)NCCCO.CC(CO)C(C)(O)C(=O)NCCCO. The predicted octanol–water partition coefficient (Wildman–Crippen LogP) is -2.27. The van der Waals surface area contributed by atoms with Gasteiger partial charge in [0.25, 0.3) is 5.91 Å². The van der Waals surface area contributed by atoms with Crippen molar-refractivity contribution in [1.29, 1.82) is 0 Å². The Labute approximate surface area is 166 Å². The zero-order valence-corrected chi connectivity index (χ0v) is 17.3. The summed E-state index contributed by atoms with van der Waals surface area (Å²) >= 11 is 0. The number of aliphatic hydroxyl groups excluding tert-OH is 5. The number of hydrogen-bond donors (Lipinski definition) is 8. The van der Waals surface area contributed by atoms with E-state index in [0.29, 0.717) is 25.9 Å². The van der Waals surface area contributed by atoms with Crippen LogP contribution in [0.5, 0.6) is 0 Å². The van der Waals surface area contributed by atoms with Crippen molar-refractivity contribution in [1.82, 2.24) is 10.6 Å². The summed E-state index contributed by atoms with van der Waals surface area (Å²) in [6.07, 6.45) is -0.320. The molecule has 2 unspecified atom stereocenters. The minimum absolute atomic E-state index is 0.000230. The summed E-state index contributed by atoms with van der Waals surface area (Å²) in [5.74, 6) is -1.55. The molecular formula is C18H38N2O8. The molecule has 3 atom stereocenters. The van der Waals surface area contributed by atoms with E-state index in [1.807, 2.05) is 0 Å². The molecule has 28 heavy (non-hydrogen) atoms. The Morgan fingerprint density at radius 3 is 1.79 bits per heavy atom. The van der Waals surface area contributed by atoms with Gasteiger partial charge in [-0.2, -0.15) is 0 Å². The second-order valence-corrected chi connectivity index (χ2v) is 7.48. The van der Waals surface area contributed by atoms with Crippen molar-refractivity contribution in [2.75, 3.05) is 39.5 Å². The van der Waals surface area contributed by atoms with Gasteiger partial charge in [-0.3, -0.25) is 9.59 Å². The van der Waals surface area contributed by atoms with E-state index in [2.05, 4.69) is 10.6 Å². The van der Waals surface area contributed by atoms with E-state index in [9.17, 15) is 19.8 Å². The number of amides is 2. The van der Waals surface area contributed by atoms with Crippen LogP contribution in [0.3, 0.4) is 0 Å². The third kappa shape index (κ3) is 10.9. The number of rotatable bonds is 12. The molecule has 0 saturated carbocycles. The Hall–Kier alpha value is -1.30. The second-order valence-electron chi connectivity index (χ2n) is 7.48. The zero-order valence-electron chi connectivity index (χ0n) is 17.3. The van der Waals surface area contributed by atoms with E-state index >= 15 is 0 Å². The average molecular weight is 411 g/mol. The molecule has 0 heterocycles.